The number of nitriles is 1. The van der Waals surface area contributed by atoms with E-state index >= 15 is 0 Å². The van der Waals surface area contributed by atoms with Gasteiger partial charge < -0.3 is 14.2 Å². The maximum atomic E-state index is 14.2. The van der Waals surface area contributed by atoms with Gasteiger partial charge in [0.05, 0.1) is 20.4 Å². The molecule has 3 rings (SSSR count). The van der Waals surface area contributed by atoms with Crippen molar-refractivity contribution in [1.29, 1.82) is 5.26 Å². The minimum absolute atomic E-state index is 0.0114. The quantitative estimate of drug-likeness (QED) is 0.545. The minimum Gasteiger partial charge on any atom is -0.495 e. The van der Waals surface area contributed by atoms with E-state index in [-0.39, 0.29) is 22.0 Å². The second kappa shape index (κ2) is 8.56. The summed E-state index contributed by atoms with van der Waals surface area (Å²) in [5.74, 6) is -2.18. The first-order valence-corrected chi connectivity index (χ1v) is 9.82. The lowest BCUT2D eigenvalue weighted by Crippen LogP contribution is -2.17. The van der Waals surface area contributed by atoms with Gasteiger partial charge in [-0.3, -0.25) is 9.12 Å². The molecule has 0 aliphatic heterocycles. The number of alkyl halides is 2. The van der Waals surface area contributed by atoms with Crippen molar-refractivity contribution in [1.82, 2.24) is 14.4 Å². The van der Waals surface area contributed by atoms with Crippen molar-refractivity contribution >= 4 is 21.4 Å². The molecule has 164 valence electrons. The van der Waals surface area contributed by atoms with Gasteiger partial charge in [-0.15, -0.1) is 0 Å². The van der Waals surface area contributed by atoms with Crippen LogP contribution >= 0.6 is 0 Å². The summed E-state index contributed by atoms with van der Waals surface area (Å²) in [5, 5.41) is 8.95. The number of ether oxygens (including phenoxy) is 3. The second-order valence-electron chi connectivity index (χ2n) is 5.80. The molecule has 31 heavy (non-hydrogen) atoms. The number of halogens is 3. The summed E-state index contributed by atoms with van der Waals surface area (Å²) in [6, 6.07) is 3.94. The van der Waals surface area contributed by atoms with E-state index in [4.69, 9.17) is 9.47 Å². The molecule has 0 fully saturated rings. The monoisotopic (exact) mass is 457 g/mol. The molecule has 0 aromatic carbocycles. The van der Waals surface area contributed by atoms with Crippen LogP contribution in [0, 0.1) is 17.1 Å². The van der Waals surface area contributed by atoms with Gasteiger partial charge in [0.15, 0.2) is 23.1 Å². The first kappa shape index (κ1) is 22.0. The zero-order valence-corrected chi connectivity index (χ0v) is 16.8. The summed E-state index contributed by atoms with van der Waals surface area (Å²) in [6.45, 7) is -1.11. The van der Waals surface area contributed by atoms with Gasteiger partial charge in [-0.2, -0.15) is 18.7 Å². The van der Waals surface area contributed by atoms with Crippen LogP contribution in [0.15, 0.2) is 29.6 Å². The Morgan fingerprint density at radius 2 is 2.03 bits per heavy atom. The predicted octanol–water partition coefficient (Wildman–Crippen LogP) is 2.20. The van der Waals surface area contributed by atoms with Crippen LogP contribution in [-0.2, 0) is 10.0 Å². The minimum atomic E-state index is -4.38. The Bertz CT molecular complexity index is 1270. The Morgan fingerprint density at radius 1 is 1.29 bits per heavy atom. The highest BCUT2D eigenvalue weighted by Crippen LogP contribution is 2.31. The number of imidazole rings is 1. The second-order valence-corrected chi connectivity index (χ2v) is 7.43. The maximum Gasteiger partial charge on any atom is 0.279 e. The number of nitrogens with zero attached hydrogens (tertiary/aromatic N) is 4. The Hall–Kier alpha value is -3.73. The third-order valence-electron chi connectivity index (χ3n) is 3.91. The van der Waals surface area contributed by atoms with E-state index in [0.717, 1.165) is 17.7 Å². The van der Waals surface area contributed by atoms with E-state index in [9.17, 15) is 26.9 Å². The van der Waals surface area contributed by atoms with Gasteiger partial charge >= 0.3 is 0 Å². The molecule has 0 aliphatic rings. The Balaban J connectivity index is 2.01. The van der Waals surface area contributed by atoms with Gasteiger partial charge in [0.25, 0.3) is 22.3 Å². The summed E-state index contributed by atoms with van der Waals surface area (Å²) in [5.41, 5.74) is -0.375. The van der Waals surface area contributed by atoms with Crippen LogP contribution in [-0.4, -0.2) is 50.0 Å². The molecule has 0 saturated heterocycles. The van der Waals surface area contributed by atoms with E-state index < -0.39 is 46.3 Å². The number of sulfonamides is 1. The van der Waals surface area contributed by atoms with Crippen LogP contribution in [0.1, 0.15) is 5.56 Å². The first-order valence-electron chi connectivity index (χ1n) is 8.34. The van der Waals surface area contributed by atoms with Gasteiger partial charge in [-0.05, 0) is 6.07 Å². The normalized spacial score (nSPS) is 11.4. The smallest absolute Gasteiger partial charge is 0.279 e. The lowest BCUT2D eigenvalue weighted by Gasteiger charge is -2.13. The number of hydrogen-bond donors (Lipinski definition) is 1. The molecule has 0 bridgehead atoms. The summed E-state index contributed by atoms with van der Waals surface area (Å²) in [6.07, 6.45) is -0.542. The number of hydrogen-bond acceptors (Lipinski definition) is 8. The molecular weight excluding hydrogens is 443 g/mol. The van der Waals surface area contributed by atoms with Crippen molar-refractivity contribution in [3.05, 3.63) is 35.9 Å². The van der Waals surface area contributed by atoms with Crippen LogP contribution in [0.2, 0.25) is 0 Å². The molecule has 3 aromatic rings. The van der Waals surface area contributed by atoms with Gasteiger partial charge in [0, 0.05) is 12.3 Å². The fourth-order valence-corrected chi connectivity index (χ4v) is 3.75. The summed E-state index contributed by atoms with van der Waals surface area (Å²) in [7, 11) is -1.91. The van der Waals surface area contributed by atoms with Crippen LogP contribution < -0.4 is 18.9 Å². The molecule has 0 saturated carbocycles. The molecule has 3 aromatic heterocycles. The molecule has 14 heteroatoms. The SMILES string of the molecule is COc1ccn2c(S(=O)(=O)Nc3cc(F)c(OCC(F)F)nc3OC)cnc2c1C#N. The van der Waals surface area contributed by atoms with E-state index in [0.29, 0.717) is 6.07 Å². The molecule has 10 nitrogen and oxygen atoms in total. The topological polar surface area (TPSA) is 128 Å². The van der Waals surface area contributed by atoms with Gasteiger partial charge in [0.2, 0.25) is 5.88 Å². The summed E-state index contributed by atoms with van der Waals surface area (Å²) < 4.78 is 82.3. The number of methoxy groups -OCH3 is 2. The number of pyridine rings is 2. The standard InChI is InChI=1S/C17H14F3N5O5S/c1-28-12-3-4-25-14(7-22-15(25)9(12)6-21)31(26,27)24-11-5-10(18)16(23-17(11)29-2)30-8-13(19)20/h3-5,7,13,24H,8H2,1-2H3. The van der Waals surface area contributed by atoms with Crippen LogP contribution in [0.3, 0.4) is 0 Å². The predicted molar refractivity (Wildman–Crippen MR) is 99.5 cm³/mol. The van der Waals surface area contributed by atoms with Crippen LogP contribution in [0.4, 0.5) is 18.9 Å². The van der Waals surface area contributed by atoms with Crippen LogP contribution in [0.25, 0.3) is 5.65 Å². The third kappa shape index (κ3) is 4.26. The van der Waals surface area contributed by atoms with Crippen molar-refractivity contribution in [2.45, 2.75) is 11.5 Å². The Morgan fingerprint density at radius 3 is 2.65 bits per heavy atom. The number of rotatable bonds is 8. The van der Waals surface area contributed by atoms with Crippen molar-refractivity contribution in [3.8, 4) is 23.6 Å². The Kier molecular flexibility index (Phi) is 6.07. The largest absolute Gasteiger partial charge is 0.495 e. The molecule has 0 radical (unpaired) electrons. The van der Waals surface area contributed by atoms with Gasteiger partial charge in [0.1, 0.15) is 23.1 Å². The van der Waals surface area contributed by atoms with Crippen molar-refractivity contribution in [3.63, 3.8) is 0 Å². The molecule has 0 spiro atoms. The fraction of sp³-hybridized carbons (Fsp3) is 0.235. The number of aromatic nitrogens is 3. The zero-order valence-electron chi connectivity index (χ0n) is 16.0. The average Bonchev–Trinajstić information content (AvgIpc) is 3.17. The fourth-order valence-electron chi connectivity index (χ4n) is 2.61. The Labute approximate surface area is 173 Å². The van der Waals surface area contributed by atoms with E-state index in [1.165, 1.54) is 19.4 Å². The lowest BCUT2D eigenvalue weighted by atomic mass is 10.2. The van der Waals surface area contributed by atoms with E-state index in [1.54, 1.807) is 0 Å². The third-order valence-corrected chi connectivity index (χ3v) is 5.25. The summed E-state index contributed by atoms with van der Waals surface area (Å²) >= 11 is 0. The van der Waals surface area contributed by atoms with Crippen molar-refractivity contribution in [2.24, 2.45) is 0 Å². The number of fused-ring (bicyclic) bond motifs is 1. The van der Waals surface area contributed by atoms with Gasteiger partial charge in [-0.25, -0.2) is 18.2 Å². The highest BCUT2D eigenvalue weighted by atomic mass is 32.2. The molecule has 0 aliphatic carbocycles. The van der Waals surface area contributed by atoms with Crippen molar-refractivity contribution in [2.75, 3.05) is 25.5 Å². The van der Waals surface area contributed by atoms with E-state index in [1.807, 2.05) is 6.07 Å². The highest BCUT2D eigenvalue weighted by Gasteiger charge is 2.25. The zero-order chi connectivity index (χ0) is 22.8. The number of nitrogens with one attached hydrogen (secondary N) is 1. The van der Waals surface area contributed by atoms with Crippen molar-refractivity contribution < 1.29 is 35.8 Å². The lowest BCUT2D eigenvalue weighted by molar-refractivity contribution is 0.0770. The molecule has 0 amide bonds. The molecule has 0 unspecified atom stereocenters. The maximum absolute atomic E-state index is 14.2. The van der Waals surface area contributed by atoms with Crippen LogP contribution in [0.5, 0.6) is 17.5 Å². The first-order chi connectivity index (χ1) is 14.7. The van der Waals surface area contributed by atoms with E-state index in [2.05, 4.69) is 19.4 Å². The number of anilines is 1. The average molecular weight is 457 g/mol. The molecular formula is C17H14F3N5O5S. The molecule has 3 heterocycles. The highest BCUT2D eigenvalue weighted by molar-refractivity contribution is 7.92. The van der Waals surface area contributed by atoms with Gasteiger partial charge in [-0.1, -0.05) is 0 Å². The molecule has 1 N–H and O–H groups in total. The molecule has 0 atom stereocenters. The summed E-state index contributed by atoms with van der Waals surface area (Å²) in [4.78, 5) is 7.53.